The summed E-state index contributed by atoms with van der Waals surface area (Å²) < 4.78 is 9.49. The van der Waals surface area contributed by atoms with Crippen molar-refractivity contribution in [3.8, 4) is 22.8 Å². The summed E-state index contributed by atoms with van der Waals surface area (Å²) in [6.45, 7) is 5.98. The van der Waals surface area contributed by atoms with Gasteiger partial charge in [-0.05, 0) is 80.4 Å². The van der Waals surface area contributed by atoms with Crippen molar-refractivity contribution in [1.29, 1.82) is 0 Å². The Morgan fingerprint density at radius 3 is 2.50 bits per heavy atom. The molecule has 0 spiro atoms. The van der Waals surface area contributed by atoms with E-state index in [2.05, 4.69) is 31.2 Å². The third-order valence-electron chi connectivity index (χ3n) is 8.27. The molecule has 6 rings (SSSR count). The largest absolute Gasteiger partial charge is 0.491 e. The normalized spacial score (nSPS) is 14.7. The fraction of sp³-hybridized carbons (Fsp3) is 0.250. The maximum atomic E-state index is 14.2. The van der Waals surface area contributed by atoms with Gasteiger partial charge in [0.1, 0.15) is 18.1 Å². The Bertz CT molecular complexity index is 2020. The van der Waals surface area contributed by atoms with Gasteiger partial charge in [-0.15, -0.1) is 0 Å². The quantitative estimate of drug-likeness (QED) is 0.223. The number of nitrogens with one attached hydrogen (secondary N) is 1. The van der Waals surface area contributed by atoms with Crippen LogP contribution in [0.4, 0.5) is 0 Å². The lowest BCUT2D eigenvalue weighted by molar-refractivity contribution is 0.0610. The van der Waals surface area contributed by atoms with E-state index in [0.29, 0.717) is 28.5 Å². The summed E-state index contributed by atoms with van der Waals surface area (Å²) in [5.41, 5.74) is 3.68. The van der Waals surface area contributed by atoms with Gasteiger partial charge in [0, 0.05) is 47.1 Å². The second kappa shape index (κ2) is 14.0. The van der Waals surface area contributed by atoms with Gasteiger partial charge in [-0.1, -0.05) is 40.2 Å². The zero-order valence-electron chi connectivity index (χ0n) is 26.8. The number of aliphatic hydroxyl groups excluding tert-OH is 1. The van der Waals surface area contributed by atoms with E-state index in [0.717, 1.165) is 21.2 Å². The Morgan fingerprint density at radius 1 is 1.06 bits per heavy atom. The van der Waals surface area contributed by atoms with Gasteiger partial charge >= 0.3 is 5.69 Å². The Kier molecular flexibility index (Phi) is 9.56. The van der Waals surface area contributed by atoms with Crippen molar-refractivity contribution in [1.82, 2.24) is 29.3 Å². The number of aromatic nitrogens is 4. The number of halogens is 1. The fourth-order valence-corrected chi connectivity index (χ4v) is 6.05. The van der Waals surface area contributed by atoms with Crippen LogP contribution >= 0.6 is 15.9 Å². The van der Waals surface area contributed by atoms with Crippen LogP contribution in [0.5, 0.6) is 5.75 Å². The third-order valence-corrected chi connectivity index (χ3v) is 9.16. The maximum absolute atomic E-state index is 14.2. The predicted molar refractivity (Wildman–Crippen MR) is 184 cm³/mol. The van der Waals surface area contributed by atoms with Gasteiger partial charge in [0.25, 0.3) is 11.8 Å². The molecule has 2 atom stereocenters. The molecule has 11 nitrogen and oxygen atoms in total. The number of imidazole rings is 1. The molecular formula is C36H35BrN6O5. The molecule has 5 aromatic rings. The van der Waals surface area contributed by atoms with Crippen LogP contribution in [0.25, 0.3) is 17.1 Å². The van der Waals surface area contributed by atoms with Gasteiger partial charge in [0.05, 0.1) is 24.0 Å². The molecule has 0 aliphatic carbocycles. The highest BCUT2D eigenvalue weighted by molar-refractivity contribution is 9.10. The lowest BCUT2D eigenvalue weighted by Gasteiger charge is -2.34. The molecule has 0 fully saturated rings. The highest BCUT2D eigenvalue weighted by Crippen LogP contribution is 2.27. The zero-order valence-corrected chi connectivity index (χ0v) is 28.3. The van der Waals surface area contributed by atoms with E-state index in [1.165, 1.54) is 4.57 Å². The number of nitrogens with zero attached hydrogens (tertiary/aromatic N) is 5. The molecule has 2 N–H and O–H groups in total. The van der Waals surface area contributed by atoms with E-state index < -0.39 is 12.0 Å². The first-order valence-corrected chi connectivity index (χ1v) is 16.4. The summed E-state index contributed by atoms with van der Waals surface area (Å²) in [5, 5.41) is 12.6. The van der Waals surface area contributed by atoms with Crippen molar-refractivity contribution in [3.05, 3.63) is 128 Å². The lowest BCUT2D eigenvalue weighted by atomic mass is 10.1. The number of ether oxygens (including phenoxy) is 1. The Morgan fingerprint density at radius 2 is 1.79 bits per heavy atom. The lowest BCUT2D eigenvalue weighted by Crippen LogP contribution is -2.47. The monoisotopic (exact) mass is 710 g/mol. The first-order valence-electron chi connectivity index (χ1n) is 15.6. The van der Waals surface area contributed by atoms with Gasteiger partial charge in [-0.3, -0.25) is 18.7 Å². The smallest absolute Gasteiger partial charge is 0.333 e. The van der Waals surface area contributed by atoms with Gasteiger partial charge < -0.3 is 20.1 Å². The van der Waals surface area contributed by atoms with E-state index >= 15 is 0 Å². The Balaban J connectivity index is 1.38. The number of aryl methyl sites for hydroxylation is 1. The molecule has 1 unspecified atom stereocenters. The molecule has 12 heteroatoms. The molecule has 3 aromatic carbocycles. The SMILES string of the molecule is Cc1cc(C(=O)N2Cc3c(C(=O)NCc4ccccc4-c4ncccn4)n(-c4ccc(OC[C@@H](C)O)cc4)c(=O)n3CC2C)ccc1Br. The highest BCUT2D eigenvalue weighted by Gasteiger charge is 2.35. The van der Waals surface area contributed by atoms with Gasteiger partial charge in [0.15, 0.2) is 5.82 Å². The molecule has 246 valence electrons. The minimum Gasteiger partial charge on any atom is -0.491 e. The van der Waals surface area contributed by atoms with Crippen molar-refractivity contribution >= 4 is 27.7 Å². The van der Waals surface area contributed by atoms with Crippen LogP contribution in [0.15, 0.2) is 94.5 Å². The summed E-state index contributed by atoms with van der Waals surface area (Å²) in [7, 11) is 0. The molecule has 0 saturated heterocycles. The highest BCUT2D eigenvalue weighted by atomic mass is 79.9. The average molecular weight is 712 g/mol. The average Bonchev–Trinajstić information content (AvgIpc) is 3.38. The summed E-state index contributed by atoms with van der Waals surface area (Å²) in [6, 6.07) is 21.2. The Hall–Kier alpha value is -5.07. The number of aliphatic hydroxyl groups is 1. The zero-order chi connectivity index (χ0) is 33.9. The van der Waals surface area contributed by atoms with Crippen LogP contribution in [0, 0.1) is 6.92 Å². The van der Waals surface area contributed by atoms with E-state index in [1.807, 2.05) is 50.2 Å². The molecule has 1 aliphatic heterocycles. The fourth-order valence-electron chi connectivity index (χ4n) is 5.80. The second-order valence-corrected chi connectivity index (χ2v) is 12.7. The number of rotatable bonds is 9. The summed E-state index contributed by atoms with van der Waals surface area (Å²) in [6.07, 6.45) is 2.68. The molecule has 2 aromatic heterocycles. The minimum absolute atomic E-state index is 0.0597. The van der Waals surface area contributed by atoms with Crippen LogP contribution < -0.4 is 15.7 Å². The van der Waals surface area contributed by atoms with E-state index in [1.54, 1.807) is 65.2 Å². The topological polar surface area (TPSA) is 132 Å². The number of carbonyl (C=O) groups excluding carboxylic acids is 2. The van der Waals surface area contributed by atoms with E-state index in [9.17, 15) is 19.5 Å². The van der Waals surface area contributed by atoms with E-state index in [4.69, 9.17) is 4.74 Å². The van der Waals surface area contributed by atoms with Crippen LogP contribution in [0.1, 0.15) is 51.5 Å². The van der Waals surface area contributed by atoms with Crippen LogP contribution in [0.3, 0.4) is 0 Å². The van der Waals surface area contributed by atoms with Crippen molar-refractivity contribution in [2.45, 2.75) is 52.6 Å². The van der Waals surface area contributed by atoms with Crippen molar-refractivity contribution in [2.75, 3.05) is 6.61 Å². The van der Waals surface area contributed by atoms with E-state index in [-0.39, 0.29) is 49.6 Å². The number of hydrogen-bond acceptors (Lipinski definition) is 7. The standard InChI is InChI=1S/C36H35BrN6O5/c1-22-17-25(9-14-30(22)37)35(46)41-20-31-32(34(45)40-18-26-7-4-5-8-29(26)33-38-15-6-16-39-33)43(36(47)42(31)19-23(41)2)27-10-12-28(13-11-27)48-21-24(3)44/h4-17,23-24,44H,18-21H2,1-3H3,(H,40,45)/t23?,24-/m1/s1. The number of fused-ring (bicyclic) bond motifs is 1. The molecule has 0 saturated carbocycles. The third kappa shape index (κ3) is 6.67. The minimum atomic E-state index is -0.645. The molecule has 0 bridgehead atoms. The summed E-state index contributed by atoms with van der Waals surface area (Å²) >= 11 is 3.50. The molecular weight excluding hydrogens is 676 g/mol. The number of benzene rings is 3. The molecule has 48 heavy (non-hydrogen) atoms. The van der Waals surface area contributed by atoms with Crippen LogP contribution in [0.2, 0.25) is 0 Å². The Labute approximate surface area is 286 Å². The van der Waals surface area contributed by atoms with Crippen molar-refractivity contribution < 1.29 is 19.4 Å². The molecule has 3 heterocycles. The van der Waals surface area contributed by atoms with Gasteiger partial charge in [0.2, 0.25) is 0 Å². The summed E-state index contributed by atoms with van der Waals surface area (Å²) in [5.74, 6) is 0.384. The summed E-state index contributed by atoms with van der Waals surface area (Å²) in [4.78, 5) is 52.6. The molecule has 0 radical (unpaired) electrons. The second-order valence-electron chi connectivity index (χ2n) is 11.8. The molecule has 2 amide bonds. The number of amides is 2. The van der Waals surface area contributed by atoms with Crippen molar-refractivity contribution in [2.24, 2.45) is 0 Å². The molecule has 1 aliphatic rings. The number of carbonyl (C=O) groups is 2. The predicted octanol–water partition coefficient (Wildman–Crippen LogP) is 4.90. The number of hydrogen-bond donors (Lipinski definition) is 2. The van der Waals surface area contributed by atoms with Gasteiger partial charge in [-0.25, -0.2) is 14.8 Å². The first-order chi connectivity index (χ1) is 23.1. The maximum Gasteiger partial charge on any atom is 0.333 e. The van der Waals surface area contributed by atoms with Crippen LogP contribution in [-0.4, -0.2) is 59.7 Å². The van der Waals surface area contributed by atoms with Crippen molar-refractivity contribution in [3.63, 3.8) is 0 Å². The first kappa shape index (κ1) is 32.9. The van der Waals surface area contributed by atoms with Gasteiger partial charge in [-0.2, -0.15) is 0 Å². The van der Waals surface area contributed by atoms with Crippen LogP contribution in [-0.2, 0) is 19.6 Å².